The van der Waals surface area contributed by atoms with Gasteiger partial charge in [0, 0.05) is 19.8 Å². The lowest BCUT2D eigenvalue weighted by Crippen LogP contribution is -2.35. The van der Waals surface area contributed by atoms with Gasteiger partial charge in [0.05, 0.1) is 13.2 Å². The van der Waals surface area contributed by atoms with Crippen molar-refractivity contribution in [2.45, 2.75) is 39.5 Å². The van der Waals surface area contributed by atoms with E-state index in [2.05, 4.69) is 32.2 Å². The molecule has 20 heavy (non-hydrogen) atoms. The van der Waals surface area contributed by atoms with Crippen molar-refractivity contribution in [3.05, 3.63) is 28.8 Å². The zero-order valence-electron chi connectivity index (χ0n) is 13.4. The number of aryl methyl sites for hydroxylation is 2. The van der Waals surface area contributed by atoms with Gasteiger partial charge in [-0.2, -0.15) is 0 Å². The molecule has 0 amide bonds. The first-order chi connectivity index (χ1) is 9.58. The second kappa shape index (κ2) is 8.25. The van der Waals surface area contributed by atoms with E-state index >= 15 is 0 Å². The Hall–Kier alpha value is -1.10. The van der Waals surface area contributed by atoms with Crippen LogP contribution in [-0.2, 0) is 9.47 Å². The summed E-state index contributed by atoms with van der Waals surface area (Å²) in [6.07, 6.45) is 0.695. The molecule has 0 aliphatic rings. The van der Waals surface area contributed by atoms with Crippen LogP contribution in [0.3, 0.4) is 0 Å². The van der Waals surface area contributed by atoms with Crippen molar-refractivity contribution in [2.24, 2.45) is 0 Å². The smallest absolute Gasteiger partial charge is 0.176 e. The Bertz CT molecular complexity index is 416. The van der Waals surface area contributed by atoms with Gasteiger partial charge >= 0.3 is 0 Å². The van der Waals surface area contributed by atoms with Crippen LogP contribution in [-0.4, -0.2) is 34.2 Å². The lowest BCUT2D eigenvalue weighted by molar-refractivity contribution is -0.124. The second-order valence-corrected chi connectivity index (χ2v) is 4.97. The maximum absolute atomic E-state index is 5.56. The number of nitrogens with one attached hydrogen (secondary N) is 1. The van der Waals surface area contributed by atoms with E-state index in [4.69, 9.17) is 14.2 Å². The Kier molecular flexibility index (Phi) is 6.99. The SMILES string of the molecule is CCCNC(c1c(C)cc(C)cc1OC)C(OC)OC. The molecule has 4 heteroatoms. The molecule has 0 bridgehead atoms. The molecule has 4 nitrogen and oxygen atoms in total. The normalized spacial score (nSPS) is 12.8. The summed E-state index contributed by atoms with van der Waals surface area (Å²) < 4.78 is 16.5. The molecule has 0 heterocycles. The number of benzene rings is 1. The highest BCUT2D eigenvalue weighted by molar-refractivity contribution is 5.45. The van der Waals surface area contributed by atoms with E-state index < -0.39 is 0 Å². The summed E-state index contributed by atoms with van der Waals surface area (Å²) in [6, 6.07) is 4.15. The van der Waals surface area contributed by atoms with Gasteiger partial charge in [0.15, 0.2) is 6.29 Å². The van der Waals surface area contributed by atoms with Crippen molar-refractivity contribution in [1.29, 1.82) is 0 Å². The number of rotatable bonds is 8. The zero-order chi connectivity index (χ0) is 15.1. The molecule has 1 aromatic rings. The number of hydrogen-bond donors (Lipinski definition) is 1. The van der Waals surface area contributed by atoms with Crippen LogP contribution in [0.5, 0.6) is 5.75 Å². The highest BCUT2D eigenvalue weighted by Gasteiger charge is 2.27. The summed E-state index contributed by atoms with van der Waals surface area (Å²) in [5.74, 6) is 0.871. The van der Waals surface area contributed by atoms with Crippen LogP contribution in [0.4, 0.5) is 0 Å². The van der Waals surface area contributed by atoms with Gasteiger partial charge in [-0.15, -0.1) is 0 Å². The molecule has 1 aromatic carbocycles. The molecular weight excluding hydrogens is 254 g/mol. The maximum atomic E-state index is 5.56. The van der Waals surface area contributed by atoms with Gasteiger partial charge in [0.1, 0.15) is 5.75 Å². The van der Waals surface area contributed by atoms with Gasteiger partial charge in [0.2, 0.25) is 0 Å². The Morgan fingerprint density at radius 3 is 2.25 bits per heavy atom. The molecule has 0 aromatic heterocycles. The predicted octanol–water partition coefficient (Wildman–Crippen LogP) is 2.97. The van der Waals surface area contributed by atoms with E-state index in [1.807, 2.05) is 6.07 Å². The minimum Gasteiger partial charge on any atom is -0.496 e. The summed E-state index contributed by atoms with van der Waals surface area (Å²) in [7, 11) is 5.01. The maximum Gasteiger partial charge on any atom is 0.176 e. The lowest BCUT2D eigenvalue weighted by atomic mass is 9.97. The van der Waals surface area contributed by atoms with Crippen LogP contribution in [0.1, 0.15) is 36.1 Å². The van der Waals surface area contributed by atoms with Crippen molar-refractivity contribution in [2.75, 3.05) is 27.9 Å². The molecule has 0 fully saturated rings. The average molecular weight is 281 g/mol. The van der Waals surface area contributed by atoms with Crippen LogP contribution < -0.4 is 10.1 Å². The third kappa shape index (κ3) is 3.95. The van der Waals surface area contributed by atoms with Gasteiger partial charge in [-0.25, -0.2) is 0 Å². The third-order valence-electron chi connectivity index (χ3n) is 3.38. The summed E-state index contributed by atoms with van der Waals surface area (Å²) >= 11 is 0. The molecule has 0 saturated heterocycles. The molecule has 1 rings (SSSR count). The molecule has 0 aliphatic carbocycles. The highest BCUT2D eigenvalue weighted by Crippen LogP contribution is 2.33. The summed E-state index contributed by atoms with van der Waals surface area (Å²) in [5, 5.41) is 3.49. The molecule has 0 saturated carbocycles. The van der Waals surface area contributed by atoms with E-state index in [-0.39, 0.29) is 12.3 Å². The average Bonchev–Trinajstić information content (AvgIpc) is 2.43. The first kappa shape index (κ1) is 17.0. The number of methoxy groups -OCH3 is 3. The highest BCUT2D eigenvalue weighted by atomic mass is 16.7. The van der Waals surface area contributed by atoms with Crippen molar-refractivity contribution in [1.82, 2.24) is 5.32 Å². The molecule has 0 aliphatic heterocycles. The largest absolute Gasteiger partial charge is 0.496 e. The topological polar surface area (TPSA) is 39.7 Å². The minimum atomic E-state index is -0.350. The molecule has 1 atom stereocenters. The molecule has 0 spiro atoms. The molecule has 1 unspecified atom stereocenters. The van der Waals surface area contributed by atoms with Crippen molar-refractivity contribution in [3.63, 3.8) is 0 Å². The Labute approximate surface area is 122 Å². The van der Waals surface area contributed by atoms with E-state index in [0.717, 1.165) is 24.3 Å². The van der Waals surface area contributed by atoms with Crippen LogP contribution in [0.15, 0.2) is 12.1 Å². The van der Waals surface area contributed by atoms with E-state index in [9.17, 15) is 0 Å². The fourth-order valence-corrected chi connectivity index (χ4v) is 2.51. The van der Waals surface area contributed by atoms with E-state index in [0.29, 0.717) is 0 Å². The van der Waals surface area contributed by atoms with Crippen molar-refractivity contribution >= 4 is 0 Å². The summed E-state index contributed by atoms with van der Waals surface area (Å²) in [6.45, 7) is 7.19. The molecule has 114 valence electrons. The molecule has 1 N–H and O–H groups in total. The number of ether oxygens (including phenoxy) is 3. The molecular formula is C16H27NO3. The van der Waals surface area contributed by atoms with Crippen LogP contribution in [0.25, 0.3) is 0 Å². The van der Waals surface area contributed by atoms with Gasteiger partial charge in [0.25, 0.3) is 0 Å². The van der Waals surface area contributed by atoms with Gasteiger partial charge in [-0.1, -0.05) is 13.0 Å². The molecule has 0 radical (unpaired) electrons. The zero-order valence-corrected chi connectivity index (χ0v) is 13.4. The predicted molar refractivity (Wildman–Crippen MR) is 81.3 cm³/mol. The van der Waals surface area contributed by atoms with Gasteiger partial charge in [-0.05, 0) is 44.0 Å². The van der Waals surface area contributed by atoms with Crippen LogP contribution in [0.2, 0.25) is 0 Å². The van der Waals surface area contributed by atoms with E-state index in [1.54, 1.807) is 21.3 Å². The first-order valence-electron chi connectivity index (χ1n) is 7.03. The van der Waals surface area contributed by atoms with Gasteiger partial charge in [-0.3, -0.25) is 0 Å². The monoisotopic (exact) mass is 281 g/mol. The van der Waals surface area contributed by atoms with Crippen molar-refractivity contribution in [3.8, 4) is 5.75 Å². The van der Waals surface area contributed by atoms with Gasteiger partial charge < -0.3 is 19.5 Å². The van der Waals surface area contributed by atoms with Crippen LogP contribution in [0, 0.1) is 13.8 Å². The summed E-state index contributed by atoms with van der Waals surface area (Å²) in [5.41, 5.74) is 3.46. The Morgan fingerprint density at radius 1 is 1.10 bits per heavy atom. The Balaban J connectivity index is 3.24. The minimum absolute atomic E-state index is 0.0551. The lowest BCUT2D eigenvalue weighted by Gasteiger charge is -2.29. The first-order valence-corrected chi connectivity index (χ1v) is 7.03. The quantitative estimate of drug-likeness (QED) is 0.744. The summed E-state index contributed by atoms with van der Waals surface area (Å²) in [4.78, 5) is 0. The fourth-order valence-electron chi connectivity index (χ4n) is 2.51. The second-order valence-electron chi connectivity index (χ2n) is 4.97. The fraction of sp³-hybridized carbons (Fsp3) is 0.625. The Morgan fingerprint density at radius 2 is 1.75 bits per heavy atom. The third-order valence-corrected chi connectivity index (χ3v) is 3.38. The number of hydrogen-bond acceptors (Lipinski definition) is 4. The standard InChI is InChI=1S/C16H27NO3/c1-7-8-17-15(16(19-5)20-6)14-12(3)9-11(2)10-13(14)18-4/h9-10,15-17H,7-8H2,1-6H3. The van der Waals surface area contributed by atoms with E-state index in [1.165, 1.54) is 11.1 Å². The van der Waals surface area contributed by atoms with Crippen molar-refractivity contribution < 1.29 is 14.2 Å². The van der Waals surface area contributed by atoms with Crippen LogP contribution >= 0.6 is 0 Å².